The summed E-state index contributed by atoms with van der Waals surface area (Å²) in [5, 5.41) is 0.343. The SMILES string of the molecule is Cc1ncccc1Cc1ncc(Cl)cc1NS(=O)(=O)c1ccc(OC(C)C)cc1. The van der Waals surface area contributed by atoms with Crippen LogP contribution in [0.4, 0.5) is 5.69 Å². The molecule has 3 aromatic rings. The number of halogens is 1. The highest BCUT2D eigenvalue weighted by atomic mass is 35.5. The molecule has 0 radical (unpaired) electrons. The van der Waals surface area contributed by atoms with Gasteiger partial charge >= 0.3 is 0 Å². The molecule has 1 N–H and O–H groups in total. The van der Waals surface area contributed by atoms with Gasteiger partial charge in [-0.3, -0.25) is 14.7 Å². The number of nitrogens with zero attached hydrogens (tertiary/aromatic N) is 2. The number of pyridine rings is 2. The lowest BCUT2D eigenvalue weighted by Crippen LogP contribution is -2.15. The molecule has 8 heteroatoms. The Hall–Kier alpha value is -2.64. The quantitative estimate of drug-likeness (QED) is 0.590. The minimum absolute atomic E-state index is 0.00612. The molecule has 0 saturated heterocycles. The molecule has 0 unspecified atom stereocenters. The minimum Gasteiger partial charge on any atom is -0.491 e. The maximum atomic E-state index is 12.9. The number of benzene rings is 1. The first-order valence-corrected chi connectivity index (χ1v) is 10.9. The van der Waals surface area contributed by atoms with Gasteiger partial charge in [0.15, 0.2) is 0 Å². The maximum absolute atomic E-state index is 12.9. The summed E-state index contributed by atoms with van der Waals surface area (Å²) in [6.45, 7) is 5.71. The van der Waals surface area contributed by atoms with Gasteiger partial charge in [-0.05, 0) is 62.7 Å². The summed E-state index contributed by atoms with van der Waals surface area (Å²) >= 11 is 6.07. The molecule has 0 spiro atoms. The normalized spacial score (nSPS) is 11.5. The molecule has 0 saturated carbocycles. The number of ether oxygens (including phenoxy) is 1. The van der Waals surface area contributed by atoms with Crippen LogP contribution in [0.3, 0.4) is 0 Å². The Morgan fingerprint density at radius 1 is 1.14 bits per heavy atom. The van der Waals surface area contributed by atoms with E-state index >= 15 is 0 Å². The van der Waals surface area contributed by atoms with Crippen LogP contribution >= 0.6 is 11.6 Å². The molecule has 0 aliphatic heterocycles. The fraction of sp³-hybridized carbons (Fsp3) is 0.238. The molecule has 0 aliphatic carbocycles. The highest BCUT2D eigenvalue weighted by Crippen LogP contribution is 2.25. The maximum Gasteiger partial charge on any atom is 0.261 e. The van der Waals surface area contributed by atoms with Crippen molar-refractivity contribution in [2.45, 2.75) is 38.2 Å². The summed E-state index contributed by atoms with van der Waals surface area (Å²) in [5.74, 6) is 0.608. The molecule has 0 amide bonds. The smallest absolute Gasteiger partial charge is 0.261 e. The minimum atomic E-state index is -3.82. The van der Waals surface area contributed by atoms with Gasteiger partial charge in [0.05, 0.1) is 27.4 Å². The molecule has 1 aromatic carbocycles. The number of anilines is 1. The lowest BCUT2D eigenvalue weighted by molar-refractivity contribution is 0.242. The summed E-state index contributed by atoms with van der Waals surface area (Å²) in [6, 6.07) is 11.6. The molecule has 152 valence electrons. The third kappa shape index (κ3) is 5.46. The lowest BCUT2D eigenvalue weighted by Gasteiger charge is -2.14. The van der Waals surface area contributed by atoms with Gasteiger partial charge in [-0.2, -0.15) is 0 Å². The lowest BCUT2D eigenvalue weighted by atomic mass is 10.1. The van der Waals surface area contributed by atoms with Crippen molar-refractivity contribution < 1.29 is 13.2 Å². The van der Waals surface area contributed by atoms with Crippen LogP contribution in [0.15, 0.2) is 59.8 Å². The van der Waals surface area contributed by atoms with Crippen LogP contribution in [-0.2, 0) is 16.4 Å². The predicted octanol–water partition coefficient (Wildman–Crippen LogP) is 4.62. The van der Waals surface area contributed by atoms with Crippen molar-refractivity contribution >= 4 is 27.3 Å². The number of aromatic nitrogens is 2. The first-order valence-electron chi connectivity index (χ1n) is 9.09. The second-order valence-electron chi connectivity index (χ2n) is 6.82. The summed E-state index contributed by atoms with van der Waals surface area (Å²) in [4.78, 5) is 8.72. The second-order valence-corrected chi connectivity index (χ2v) is 8.93. The van der Waals surface area contributed by atoms with Crippen molar-refractivity contribution in [2.24, 2.45) is 0 Å². The molecule has 0 aliphatic rings. The summed E-state index contributed by atoms with van der Waals surface area (Å²) in [7, 11) is -3.82. The summed E-state index contributed by atoms with van der Waals surface area (Å²) < 4.78 is 33.9. The van der Waals surface area contributed by atoms with Crippen molar-refractivity contribution in [3.8, 4) is 5.75 Å². The zero-order valence-corrected chi connectivity index (χ0v) is 18.0. The number of aryl methyl sites for hydroxylation is 1. The Bertz CT molecular complexity index is 1100. The third-order valence-electron chi connectivity index (χ3n) is 4.16. The van der Waals surface area contributed by atoms with Gasteiger partial charge in [0.2, 0.25) is 0 Å². The number of hydrogen-bond acceptors (Lipinski definition) is 5. The zero-order chi connectivity index (χ0) is 21.0. The predicted molar refractivity (Wildman–Crippen MR) is 114 cm³/mol. The van der Waals surface area contributed by atoms with E-state index in [0.717, 1.165) is 11.3 Å². The number of nitrogens with one attached hydrogen (secondary N) is 1. The Kier molecular flexibility index (Phi) is 6.39. The van der Waals surface area contributed by atoms with E-state index in [-0.39, 0.29) is 11.0 Å². The Morgan fingerprint density at radius 2 is 1.86 bits per heavy atom. The fourth-order valence-corrected chi connectivity index (χ4v) is 3.99. The molecule has 3 rings (SSSR count). The number of sulfonamides is 1. The van der Waals surface area contributed by atoms with E-state index in [2.05, 4.69) is 14.7 Å². The molecule has 0 bridgehead atoms. The first-order chi connectivity index (χ1) is 13.7. The van der Waals surface area contributed by atoms with E-state index in [1.807, 2.05) is 32.9 Å². The Balaban J connectivity index is 1.88. The average Bonchev–Trinajstić information content (AvgIpc) is 2.65. The van der Waals surface area contributed by atoms with E-state index in [9.17, 15) is 8.42 Å². The van der Waals surface area contributed by atoms with Gasteiger partial charge in [0.25, 0.3) is 10.0 Å². The molecule has 2 aromatic heterocycles. The highest BCUT2D eigenvalue weighted by molar-refractivity contribution is 7.92. The molecular formula is C21H22ClN3O3S. The van der Waals surface area contributed by atoms with Gasteiger partial charge in [-0.25, -0.2) is 8.42 Å². The average molecular weight is 432 g/mol. The van der Waals surface area contributed by atoms with Crippen LogP contribution in [0, 0.1) is 6.92 Å². The van der Waals surface area contributed by atoms with E-state index in [1.54, 1.807) is 24.4 Å². The Morgan fingerprint density at radius 3 is 2.52 bits per heavy atom. The van der Waals surface area contributed by atoms with Crippen molar-refractivity contribution in [3.05, 3.63) is 76.8 Å². The van der Waals surface area contributed by atoms with Crippen LogP contribution in [0.5, 0.6) is 5.75 Å². The zero-order valence-electron chi connectivity index (χ0n) is 16.4. The monoisotopic (exact) mass is 431 g/mol. The van der Waals surface area contributed by atoms with E-state index in [0.29, 0.717) is 28.6 Å². The summed E-state index contributed by atoms with van der Waals surface area (Å²) in [6.07, 6.45) is 3.64. The van der Waals surface area contributed by atoms with Crippen LogP contribution in [0.25, 0.3) is 0 Å². The second kappa shape index (κ2) is 8.80. The molecule has 0 fully saturated rings. The van der Waals surface area contributed by atoms with Crippen molar-refractivity contribution in [1.82, 2.24) is 9.97 Å². The summed E-state index contributed by atoms with van der Waals surface area (Å²) in [5.41, 5.74) is 2.72. The van der Waals surface area contributed by atoms with Gasteiger partial charge in [-0.15, -0.1) is 0 Å². The van der Waals surface area contributed by atoms with Crippen molar-refractivity contribution in [3.63, 3.8) is 0 Å². The molecular weight excluding hydrogens is 410 g/mol. The van der Waals surface area contributed by atoms with Crippen molar-refractivity contribution in [2.75, 3.05) is 4.72 Å². The fourth-order valence-electron chi connectivity index (χ4n) is 2.75. The third-order valence-corrected chi connectivity index (χ3v) is 5.75. The number of hydrogen-bond donors (Lipinski definition) is 1. The van der Waals surface area contributed by atoms with Gasteiger partial charge in [-0.1, -0.05) is 17.7 Å². The highest BCUT2D eigenvalue weighted by Gasteiger charge is 2.18. The largest absolute Gasteiger partial charge is 0.491 e. The standard InChI is InChI=1S/C21H22ClN3O3S/c1-14(2)28-18-6-8-19(9-7-18)29(26,27)25-21-12-17(22)13-24-20(21)11-16-5-4-10-23-15(16)3/h4-10,12-14,25H,11H2,1-3H3. The molecule has 0 atom stereocenters. The molecule has 29 heavy (non-hydrogen) atoms. The van der Waals surface area contributed by atoms with Gasteiger partial charge in [0, 0.05) is 24.5 Å². The van der Waals surface area contributed by atoms with Gasteiger partial charge in [0.1, 0.15) is 5.75 Å². The molecule has 2 heterocycles. The van der Waals surface area contributed by atoms with Crippen LogP contribution < -0.4 is 9.46 Å². The molecule has 6 nitrogen and oxygen atoms in total. The van der Waals surface area contributed by atoms with Crippen LogP contribution in [-0.4, -0.2) is 24.5 Å². The Labute approximate surface area is 176 Å². The first kappa shape index (κ1) is 21.1. The van der Waals surface area contributed by atoms with Gasteiger partial charge < -0.3 is 4.74 Å². The van der Waals surface area contributed by atoms with Crippen molar-refractivity contribution in [1.29, 1.82) is 0 Å². The topological polar surface area (TPSA) is 81.2 Å². The number of rotatable bonds is 7. The van der Waals surface area contributed by atoms with E-state index in [4.69, 9.17) is 16.3 Å². The van der Waals surface area contributed by atoms with Crippen LogP contribution in [0.1, 0.15) is 30.8 Å². The van der Waals surface area contributed by atoms with E-state index < -0.39 is 10.0 Å². The van der Waals surface area contributed by atoms with E-state index in [1.165, 1.54) is 18.3 Å². The van der Waals surface area contributed by atoms with Crippen LogP contribution in [0.2, 0.25) is 5.02 Å².